The van der Waals surface area contributed by atoms with Gasteiger partial charge in [0, 0.05) is 23.5 Å². The van der Waals surface area contributed by atoms with Gasteiger partial charge in [0.1, 0.15) is 11.5 Å². The van der Waals surface area contributed by atoms with Crippen molar-refractivity contribution in [1.29, 1.82) is 0 Å². The van der Waals surface area contributed by atoms with Crippen molar-refractivity contribution in [2.24, 2.45) is 0 Å². The van der Waals surface area contributed by atoms with Crippen molar-refractivity contribution in [3.8, 4) is 17.4 Å². The van der Waals surface area contributed by atoms with E-state index >= 15 is 0 Å². The average molecular weight is 444 g/mol. The summed E-state index contributed by atoms with van der Waals surface area (Å²) in [5.74, 6) is 0.297. The quantitative estimate of drug-likeness (QED) is 0.487. The predicted octanol–water partition coefficient (Wildman–Crippen LogP) is 5.50. The van der Waals surface area contributed by atoms with Crippen LogP contribution in [0.5, 0.6) is 17.4 Å². The molecule has 32 heavy (non-hydrogen) atoms. The van der Waals surface area contributed by atoms with Crippen LogP contribution in [0, 0.1) is 0 Å². The Labute approximate surface area is 182 Å². The van der Waals surface area contributed by atoms with Gasteiger partial charge in [-0.2, -0.15) is 13.2 Å². The number of carbonyl (C=O) groups excluding carboxylic acids is 2. The largest absolute Gasteiger partial charge is 0.481 e. The molecule has 9 heteroatoms. The number of rotatable bonds is 7. The molecule has 3 aromatic rings. The normalized spacial score (nSPS) is 12.0. The molecule has 1 amide bonds. The molecule has 0 saturated carbocycles. The van der Waals surface area contributed by atoms with E-state index in [-0.39, 0.29) is 17.6 Å². The lowest BCUT2D eigenvalue weighted by Gasteiger charge is -2.15. The maximum atomic E-state index is 12.6. The standard InChI is InChI=1S/C23H19F3N2O4/c1-14(29)16-3-6-18(7-4-16)28-22(30)15(2)31-19-8-10-20(11-9-19)32-21-12-5-17(13-27-21)23(24,25)26/h3-13,15H,1-2H3,(H,28,30). The molecule has 1 unspecified atom stereocenters. The minimum absolute atomic E-state index is 0.00945. The Morgan fingerprint density at radius 1 is 0.938 bits per heavy atom. The molecule has 0 bridgehead atoms. The van der Waals surface area contributed by atoms with E-state index in [2.05, 4.69) is 10.3 Å². The van der Waals surface area contributed by atoms with E-state index in [0.717, 1.165) is 12.1 Å². The third-order valence-electron chi connectivity index (χ3n) is 4.35. The molecular formula is C23H19F3N2O4. The monoisotopic (exact) mass is 444 g/mol. The van der Waals surface area contributed by atoms with Gasteiger partial charge in [0.05, 0.1) is 5.56 Å². The number of ether oxygens (including phenoxy) is 2. The minimum atomic E-state index is -4.47. The van der Waals surface area contributed by atoms with Gasteiger partial charge in [-0.3, -0.25) is 9.59 Å². The summed E-state index contributed by atoms with van der Waals surface area (Å²) < 4.78 is 48.8. The van der Waals surface area contributed by atoms with E-state index in [1.807, 2.05) is 0 Å². The molecule has 1 N–H and O–H groups in total. The number of hydrogen-bond acceptors (Lipinski definition) is 5. The first-order chi connectivity index (χ1) is 15.1. The molecule has 0 fully saturated rings. The SMILES string of the molecule is CC(=O)c1ccc(NC(=O)C(C)Oc2ccc(Oc3ccc(C(F)(F)F)cn3)cc2)cc1. The number of nitrogens with one attached hydrogen (secondary N) is 1. The minimum Gasteiger partial charge on any atom is -0.481 e. The van der Waals surface area contributed by atoms with Crippen molar-refractivity contribution >= 4 is 17.4 Å². The summed E-state index contributed by atoms with van der Waals surface area (Å²) in [6.07, 6.45) is -4.59. The third kappa shape index (κ3) is 6.07. The van der Waals surface area contributed by atoms with Gasteiger partial charge in [0.15, 0.2) is 11.9 Å². The second-order valence-corrected chi connectivity index (χ2v) is 6.84. The maximum Gasteiger partial charge on any atom is 0.417 e. The van der Waals surface area contributed by atoms with Crippen molar-refractivity contribution in [2.75, 3.05) is 5.32 Å². The summed E-state index contributed by atoms with van der Waals surface area (Å²) in [6.45, 7) is 3.04. The number of alkyl halides is 3. The highest BCUT2D eigenvalue weighted by atomic mass is 19.4. The summed E-state index contributed by atoms with van der Waals surface area (Å²) in [7, 11) is 0. The van der Waals surface area contributed by atoms with Crippen molar-refractivity contribution in [3.63, 3.8) is 0 Å². The first-order valence-electron chi connectivity index (χ1n) is 9.51. The molecule has 0 aliphatic heterocycles. The Morgan fingerprint density at radius 2 is 1.56 bits per heavy atom. The number of Topliss-reactive ketones (excluding diaryl/α,β-unsaturated/α-hetero) is 1. The molecule has 2 aromatic carbocycles. The number of amides is 1. The molecule has 6 nitrogen and oxygen atoms in total. The Bertz CT molecular complexity index is 1080. The second-order valence-electron chi connectivity index (χ2n) is 6.84. The topological polar surface area (TPSA) is 77.5 Å². The number of carbonyl (C=O) groups is 2. The van der Waals surface area contributed by atoms with Gasteiger partial charge in [-0.15, -0.1) is 0 Å². The van der Waals surface area contributed by atoms with Crippen LogP contribution in [-0.4, -0.2) is 22.8 Å². The van der Waals surface area contributed by atoms with Crippen LogP contribution in [0.1, 0.15) is 29.8 Å². The Kier molecular flexibility index (Phi) is 6.77. The number of anilines is 1. The smallest absolute Gasteiger partial charge is 0.417 e. The van der Waals surface area contributed by atoms with E-state index in [0.29, 0.717) is 28.9 Å². The number of ketones is 1. The van der Waals surface area contributed by atoms with E-state index in [4.69, 9.17) is 9.47 Å². The molecule has 0 aliphatic carbocycles. The van der Waals surface area contributed by atoms with Crippen LogP contribution in [-0.2, 0) is 11.0 Å². The highest BCUT2D eigenvalue weighted by molar-refractivity contribution is 5.96. The maximum absolute atomic E-state index is 12.6. The van der Waals surface area contributed by atoms with Crippen molar-refractivity contribution in [3.05, 3.63) is 78.0 Å². The first-order valence-corrected chi connectivity index (χ1v) is 9.51. The fourth-order valence-electron chi connectivity index (χ4n) is 2.61. The number of aromatic nitrogens is 1. The van der Waals surface area contributed by atoms with Crippen LogP contribution in [0.2, 0.25) is 0 Å². The van der Waals surface area contributed by atoms with Crippen LogP contribution in [0.4, 0.5) is 18.9 Å². The second kappa shape index (κ2) is 9.51. The zero-order valence-electron chi connectivity index (χ0n) is 17.1. The number of nitrogens with zero attached hydrogens (tertiary/aromatic N) is 1. The fourth-order valence-corrected chi connectivity index (χ4v) is 2.61. The molecular weight excluding hydrogens is 425 g/mol. The number of pyridine rings is 1. The van der Waals surface area contributed by atoms with Crippen LogP contribution < -0.4 is 14.8 Å². The van der Waals surface area contributed by atoms with E-state index in [1.54, 1.807) is 55.5 Å². The molecule has 1 aromatic heterocycles. The van der Waals surface area contributed by atoms with Crippen LogP contribution in [0.3, 0.4) is 0 Å². The van der Waals surface area contributed by atoms with Crippen molar-refractivity contribution < 1.29 is 32.2 Å². The Balaban J connectivity index is 1.55. The Morgan fingerprint density at radius 3 is 2.09 bits per heavy atom. The summed E-state index contributed by atoms with van der Waals surface area (Å²) >= 11 is 0. The number of halogens is 3. The van der Waals surface area contributed by atoms with Crippen molar-refractivity contribution in [1.82, 2.24) is 4.98 Å². The molecule has 0 radical (unpaired) electrons. The summed E-state index contributed by atoms with van der Waals surface area (Å²) in [6, 6.07) is 14.7. The summed E-state index contributed by atoms with van der Waals surface area (Å²) in [4.78, 5) is 27.3. The van der Waals surface area contributed by atoms with Gasteiger partial charge >= 0.3 is 6.18 Å². The molecule has 0 aliphatic rings. The molecule has 1 atom stereocenters. The molecule has 166 valence electrons. The lowest BCUT2D eigenvalue weighted by molar-refractivity contribution is -0.137. The van der Waals surface area contributed by atoms with E-state index in [1.165, 1.54) is 6.92 Å². The lowest BCUT2D eigenvalue weighted by atomic mass is 10.1. The van der Waals surface area contributed by atoms with E-state index in [9.17, 15) is 22.8 Å². The van der Waals surface area contributed by atoms with Crippen molar-refractivity contribution in [2.45, 2.75) is 26.1 Å². The van der Waals surface area contributed by atoms with Gasteiger partial charge < -0.3 is 14.8 Å². The summed E-state index contributed by atoms with van der Waals surface area (Å²) in [5.41, 5.74) is 0.208. The zero-order chi connectivity index (χ0) is 23.3. The molecule has 0 spiro atoms. The number of hydrogen-bond donors (Lipinski definition) is 1. The first kappa shape index (κ1) is 22.8. The van der Waals surface area contributed by atoms with Crippen LogP contribution >= 0.6 is 0 Å². The van der Waals surface area contributed by atoms with Gasteiger partial charge in [0.2, 0.25) is 5.88 Å². The van der Waals surface area contributed by atoms with Crippen LogP contribution in [0.15, 0.2) is 66.9 Å². The van der Waals surface area contributed by atoms with E-state index < -0.39 is 17.8 Å². The molecule has 3 rings (SSSR count). The average Bonchev–Trinajstić information content (AvgIpc) is 2.75. The van der Waals surface area contributed by atoms with Gasteiger partial charge in [-0.25, -0.2) is 4.98 Å². The molecule has 0 saturated heterocycles. The predicted molar refractivity (Wildman–Crippen MR) is 111 cm³/mol. The third-order valence-corrected chi connectivity index (χ3v) is 4.35. The van der Waals surface area contributed by atoms with Gasteiger partial charge in [0.25, 0.3) is 5.91 Å². The highest BCUT2D eigenvalue weighted by Crippen LogP contribution is 2.30. The van der Waals surface area contributed by atoms with Gasteiger partial charge in [-0.1, -0.05) is 0 Å². The van der Waals surface area contributed by atoms with Gasteiger partial charge in [-0.05, 0) is 68.4 Å². The highest BCUT2D eigenvalue weighted by Gasteiger charge is 2.30. The Hall–Kier alpha value is -3.88. The van der Waals surface area contributed by atoms with Crippen LogP contribution in [0.25, 0.3) is 0 Å². The molecule has 1 heterocycles. The summed E-state index contributed by atoms with van der Waals surface area (Å²) in [5, 5.41) is 2.70. The fraction of sp³-hybridized carbons (Fsp3) is 0.174. The lowest BCUT2D eigenvalue weighted by Crippen LogP contribution is -2.30. The number of benzene rings is 2. The zero-order valence-corrected chi connectivity index (χ0v) is 17.1.